The van der Waals surface area contributed by atoms with Gasteiger partial charge in [-0.15, -0.1) is 0 Å². The van der Waals surface area contributed by atoms with E-state index in [0.29, 0.717) is 15.1 Å². The zero-order valence-corrected chi connectivity index (χ0v) is 12.4. The van der Waals surface area contributed by atoms with E-state index >= 15 is 0 Å². The van der Waals surface area contributed by atoms with Crippen molar-refractivity contribution < 1.29 is 13.9 Å². The van der Waals surface area contributed by atoms with Crippen LogP contribution in [0.1, 0.15) is 17.2 Å². The molecule has 0 bridgehead atoms. The van der Waals surface area contributed by atoms with Crippen molar-refractivity contribution >= 4 is 39.1 Å². The number of hydrogen-bond donors (Lipinski definition) is 1. The molecule has 0 radical (unpaired) electrons. The van der Waals surface area contributed by atoms with E-state index in [9.17, 15) is 13.9 Å². The van der Waals surface area contributed by atoms with E-state index < -0.39 is 17.7 Å². The molecule has 2 aromatic carbocycles. The molecule has 1 nitrogen and oxygen atoms in total. The molecule has 0 aliphatic carbocycles. The highest BCUT2D eigenvalue weighted by molar-refractivity contribution is 9.10. The molecule has 2 aromatic rings. The van der Waals surface area contributed by atoms with Crippen molar-refractivity contribution in [3.8, 4) is 0 Å². The molecule has 0 spiro atoms. The summed E-state index contributed by atoms with van der Waals surface area (Å²) in [4.78, 5) is 0. The SMILES string of the molecule is OC(c1ccc(Cl)c(Br)c1)c1cc(F)c(F)cc1Cl. The zero-order valence-electron chi connectivity index (χ0n) is 9.30. The van der Waals surface area contributed by atoms with Crippen LogP contribution in [0.5, 0.6) is 0 Å². The van der Waals surface area contributed by atoms with Crippen molar-refractivity contribution in [2.75, 3.05) is 0 Å². The van der Waals surface area contributed by atoms with Gasteiger partial charge in [0.25, 0.3) is 0 Å². The minimum atomic E-state index is -1.17. The third kappa shape index (κ3) is 3.08. The lowest BCUT2D eigenvalue weighted by molar-refractivity contribution is 0.219. The average molecular weight is 368 g/mol. The van der Waals surface area contributed by atoms with E-state index in [2.05, 4.69) is 15.9 Å². The van der Waals surface area contributed by atoms with Gasteiger partial charge < -0.3 is 5.11 Å². The highest BCUT2D eigenvalue weighted by Gasteiger charge is 2.18. The van der Waals surface area contributed by atoms with Crippen LogP contribution in [0.15, 0.2) is 34.8 Å². The molecule has 0 amide bonds. The molecule has 2 rings (SSSR count). The van der Waals surface area contributed by atoms with Crippen molar-refractivity contribution in [2.45, 2.75) is 6.10 Å². The lowest BCUT2D eigenvalue weighted by Crippen LogP contribution is -2.02. The molecule has 0 saturated carbocycles. The minimum absolute atomic E-state index is 0.0440. The van der Waals surface area contributed by atoms with E-state index in [0.717, 1.165) is 12.1 Å². The quantitative estimate of drug-likeness (QED) is 0.730. The van der Waals surface area contributed by atoms with Gasteiger partial charge in [-0.05, 0) is 45.8 Å². The Hall–Kier alpha value is -0.680. The van der Waals surface area contributed by atoms with Gasteiger partial charge in [0.05, 0.1) is 5.02 Å². The van der Waals surface area contributed by atoms with Gasteiger partial charge in [0.2, 0.25) is 0 Å². The van der Waals surface area contributed by atoms with Crippen LogP contribution in [-0.2, 0) is 0 Å². The van der Waals surface area contributed by atoms with Crippen LogP contribution in [-0.4, -0.2) is 5.11 Å². The molecule has 0 heterocycles. The van der Waals surface area contributed by atoms with E-state index in [4.69, 9.17) is 23.2 Å². The Labute approximate surface area is 126 Å². The monoisotopic (exact) mass is 366 g/mol. The zero-order chi connectivity index (χ0) is 14.2. The van der Waals surface area contributed by atoms with Gasteiger partial charge in [-0.25, -0.2) is 8.78 Å². The average Bonchev–Trinajstić information content (AvgIpc) is 2.36. The lowest BCUT2D eigenvalue weighted by atomic mass is 10.0. The summed E-state index contributed by atoms with van der Waals surface area (Å²) in [5.41, 5.74) is 0.555. The van der Waals surface area contributed by atoms with Gasteiger partial charge in [-0.3, -0.25) is 0 Å². The molecule has 1 unspecified atom stereocenters. The smallest absolute Gasteiger partial charge is 0.160 e. The molecular formula is C13H7BrCl2F2O. The highest BCUT2D eigenvalue weighted by atomic mass is 79.9. The fraction of sp³-hybridized carbons (Fsp3) is 0.0769. The molecule has 0 saturated heterocycles. The van der Waals surface area contributed by atoms with Crippen LogP contribution in [0, 0.1) is 11.6 Å². The van der Waals surface area contributed by atoms with E-state index in [1.165, 1.54) is 0 Å². The van der Waals surface area contributed by atoms with Crippen molar-refractivity contribution in [3.63, 3.8) is 0 Å². The first kappa shape index (κ1) is 14.7. The van der Waals surface area contributed by atoms with Gasteiger partial charge in [-0.2, -0.15) is 0 Å². The summed E-state index contributed by atoms with van der Waals surface area (Å²) in [5.74, 6) is -2.12. The second-order valence-corrected chi connectivity index (χ2v) is 5.53. The molecule has 0 aliphatic heterocycles. The number of aliphatic hydroxyl groups is 1. The summed E-state index contributed by atoms with van der Waals surface area (Å²) >= 11 is 14.9. The largest absolute Gasteiger partial charge is 0.384 e. The van der Waals surface area contributed by atoms with Crippen molar-refractivity contribution in [3.05, 3.63) is 67.6 Å². The van der Waals surface area contributed by atoms with Gasteiger partial charge >= 0.3 is 0 Å². The molecule has 100 valence electrons. The first-order valence-electron chi connectivity index (χ1n) is 5.17. The fourth-order valence-corrected chi connectivity index (χ4v) is 2.38. The lowest BCUT2D eigenvalue weighted by Gasteiger charge is -2.14. The maximum atomic E-state index is 13.2. The summed E-state index contributed by atoms with van der Waals surface area (Å²) in [6.45, 7) is 0. The highest BCUT2D eigenvalue weighted by Crippen LogP contribution is 2.33. The van der Waals surface area contributed by atoms with Crippen LogP contribution in [0.2, 0.25) is 10.0 Å². The molecule has 1 atom stereocenters. The van der Waals surface area contributed by atoms with Crippen LogP contribution < -0.4 is 0 Å². The summed E-state index contributed by atoms with van der Waals surface area (Å²) in [6.07, 6.45) is -1.17. The van der Waals surface area contributed by atoms with Crippen LogP contribution in [0.25, 0.3) is 0 Å². The Morgan fingerprint density at radius 1 is 1.00 bits per heavy atom. The Morgan fingerprint density at radius 3 is 2.26 bits per heavy atom. The van der Waals surface area contributed by atoms with Crippen molar-refractivity contribution in [2.24, 2.45) is 0 Å². The van der Waals surface area contributed by atoms with E-state index in [-0.39, 0.29) is 10.6 Å². The Morgan fingerprint density at radius 2 is 1.63 bits per heavy atom. The molecule has 0 aromatic heterocycles. The molecule has 6 heteroatoms. The second-order valence-electron chi connectivity index (χ2n) is 3.86. The Kier molecular flexibility index (Phi) is 4.46. The predicted octanol–water partition coefficient (Wildman–Crippen LogP) is 5.12. The minimum Gasteiger partial charge on any atom is -0.384 e. The summed E-state index contributed by atoms with van der Waals surface area (Å²) < 4.78 is 26.8. The van der Waals surface area contributed by atoms with Crippen LogP contribution >= 0.6 is 39.1 Å². The topological polar surface area (TPSA) is 20.2 Å². The van der Waals surface area contributed by atoms with Crippen molar-refractivity contribution in [1.29, 1.82) is 0 Å². The molecule has 19 heavy (non-hydrogen) atoms. The second kappa shape index (κ2) is 5.75. The summed E-state index contributed by atoms with van der Waals surface area (Å²) in [5, 5.41) is 10.6. The predicted molar refractivity (Wildman–Crippen MR) is 74.6 cm³/mol. The molecule has 0 fully saturated rings. The Balaban J connectivity index is 2.46. The number of hydrogen-bond acceptors (Lipinski definition) is 1. The first-order valence-corrected chi connectivity index (χ1v) is 6.72. The third-order valence-electron chi connectivity index (χ3n) is 2.59. The number of aliphatic hydroxyl groups excluding tert-OH is 1. The first-order chi connectivity index (χ1) is 8.90. The van der Waals surface area contributed by atoms with Crippen LogP contribution in [0.3, 0.4) is 0 Å². The summed E-state index contributed by atoms with van der Waals surface area (Å²) in [6, 6.07) is 6.46. The Bertz CT molecular complexity index is 634. The molecule has 1 N–H and O–H groups in total. The summed E-state index contributed by atoms with van der Waals surface area (Å²) in [7, 11) is 0. The van der Waals surface area contributed by atoms with Gasteiger partial charge in [0.15, 0.2) is 11.6 Å². The van der Waals surface area contributed by atoms with Gasteiger partial charge in [0, 0.05) is 15.1 Å². The standard InChI is InChI=1S/C13H7BrCl2F2O/c14-8-3-6(1-2-9(8)15)13(19)7-4-11(17)12(18)5-10(7)16/h1-5,13,19H. The number of halogens is 5. The van der Waals surface area contributed by atoms with Gasteiger partial charge in [0.1, 0.15) is 6.10 Å². The fourth-order valence-electron chi connectivity index (χ4n) is 1.61. The maximum Gasteiger partial charge on any atom is 0.160 e. The number of benzene rings is 2. The van der Waals surface area contributed by atoms with Crippen LogP contribution in [0.4, 0.5) is 8.78 Å². The van der Waals surface area contributed by atoms with E-state index in [1.807, 2.05) is 0 Å². The normalized spacial score (nSPS) is 12.5. The number of rotatable bonds is 2. The molecular weight excluding hydrogens is 361 g/mol. The third-order valence-corrected chi connectivity index (χ3v) is 4.13. The van der Waals surface area contributed by atoms with Gasteiger partial charge in [-0.1, -0.05) is 29.3 Å². The van der Waals surface area contributed by atoms with Crippen molar-refractivity contribution in [1.82, 2.24) is 0 Å². The maximum absolute atomic E-state index is 13.2. The molecule has 0 aliphatic rings. The van der Waals surface area contributed by atoms with E-state index in [1.54, 1.807) is 18.2 Å².